The molecule has 0 radical (unpaired) electrons. The van der Waals surface area contributed by atoms with E-state index in [-0.39, 0.29) is 18.1 Å². The fourth-order valence-electron chi connectivity index (χ4n) is 3.52. The number of carbonyl (C=O) groups is 2. The Morgan fingerprint density at radius 1 is 1.07 bits per heavy atom. The van der Waals surface area contributed by atoms with Gasteiger partial charge >= 0.3 is 0 Å². The summed E-state index contributed by atoms with van der Waals surface area (Å²) in [6.07, 6.45) is 0.986. The fraction of sp³-hybridized carbons (Fsp3) is 0.364. The summed E-state index contributed by atoms with van der Waals surface area (Å²) in [5.74, 6) is -0.535. The second-order valence-electron chi connectivity index (χ2n) is 7.40. The summed E-state index contributed by atoms with van der Waals surface area (Å²) in [4.78, 5) is 39.2. The van der Waals surface area contributed by atoms with Crippen LogP contribution in [0.2, 0.25) is 0 Å². The molecule has 1 fully saturated rings. The number of benzene rings is 2. The van der Waals surface area contributed by atoms with Gasteiger partial charge < -0.3 is 10.2 Å². The molecule has 2 aromatic carbocycles. The first-order valence-corrected chi connectivity index (χ1v) is 10.0. The van der Waals surface area contributed by atoms with Crippen molar-refractivity contribution < 1.29 is 14.5 Å². The molecule has 0 unspecified atom stereocenters. The summed E-state index contributed by atoms with van der Waals surface area (Å²) in [6, 6.07) is 14.5. The minimum atomic E-state index is -0.486. The number of hydrogen-bond acceptors (Lipinski definition) is 5. The zero-order valence-electron chi connectivity index (χ0n) is 17.0. The van der Waals surface area contributed by atoms with Crippen molar-refractivity contribution >= 4 is 17.5 Å². The van der Waals surface area contributed by atoms with E-state index in [1.54, 1.807) is 11.8 Å². The molecule has 0 bridgehead atoms. The molecular weight excluding hydrogens is 384 g/mol. The number of hydrogen-bond donors (Lipinski definition) is 1. The maximum absolute atomic E-state index is 12.4. The summed E-state index contributed by atoms with van der Waals surface area (Å²) < 4.78 is 0. The van der Waals surface area contributed by atoms with Gasteiger partial charge in [0, 0.05) is 49.9 Å². The molecule has 0 spiro atoms. The summed E-state index contributed by atoms with van der Waals surface area (Å²) >= 11 is 0. The van der Waals surface area contributed by atoms with Gasteiger partial charge in [-0.25, -0.2) is 0 Å². The van der Waals surface area contributed by atoms with E-state index >= 15 is 0 Å². The summed E-state index contributed by atoms with van der Waals surface area (Å²) in [5, 5.41) is 13.5. The van der Waals surface area contributed by atoms with E-state index in [2.05, 4.69) is 22.3 Å². The molecule has 8 nitrogen and oxygen atoms in total. The smallest absolute Gasteiger partial charge is 0.272 e. The second kappa shape index (κ2) is 9.98. The van der Waals surface area contributed by atoms with Crippen LogP contribution in [0.4, 0.5) is 5.69 Å². The molecule has 30 heavy (non-hydrogen) atoms. The Morgan fingerprint density at radius 2 is 1.77 bits per heavy atom. The lowest BCUT2D eigenvalue weighted by Crippen LogP contribution is -2.51. The molecule has 2 amide bonds. The molecule has 0 aliphatic carbocycles. The third-order valence-electron chi connectivity index (χ3n) is 5.34. The standard InChI is InChI=1S/C22H26N4O4/c1-17-15-19(7-8-20(17)26(29)30)22(28)23-16-21(27)25-13-11-24(12-14-25)10-9-18-5-3-2-4-6-18/h2-8,15H,9-14,16H2,1H3,(H,23,28). The molecular formula is C22H26N4O4. The highest BCUT2D eigenvalue weighted by atomic mass is 16.6. The molecule has 1 heterocycles. The number of nitrogens with one attached hydrogen (secondary N) is 1. The van der Waals surface area contributed by atoms with Crippen LogP contribution in [0.15, 0.2) is 48.5 Å². The number of piperazine rings is 1. The molecule has 158 valence electrons. The van der Waals surface area contributed by atoms with Gasteiger partial charge in [0.1, 0.15) is 0 Å². The molecule has 1 aliphatic rings. The van der Waals surface area contributed by atoms with Gasteiger partial charge in [-0.3, -0.25) is 24.6 Å². The van der Waals surface area contributed by atoms with Crippen LogP contribution in [-0.2, 0) is 11.2 Å². The number of amides is 2. The lowest BCUT2D eigenvalue weighted by molar-refractivity contribution is -0.385. The van der Waals surface area contributed by atoms with Gasteiger partial charge in [-0.1, -0.05) is 30.3 Å². The number of nitro groups is 1. The molecule has 0 aromatic heterocycles. The minimum Gasteiger partial charge on any atom is -0.343 e. The van der Waals surface area contributed by atoms with Crippen molar-refractivity contribution in [2.45, 2.75) is 13.3 Å². The normalized spacial score (nSPS) is 14.4. The Bertz CT molecular complexity index is 909. The molecule has 1 N–H and O–H groups in total. The quantitative estimate of drug-likeness (QED) is 0.557. The van der Waals surface area contributed by atoms with Crippen LogP contribution in [0.5, 0.6) is 0 Å². The van der Waals surface area contributed by atoms with Crippen molar-refractivity contribution in [1.29, 1.82) is 0 Å². The van der Waals surface area contributed by atoms with Crippen LogP contribution in [0.1, 0.15) is 21.5 Å². The number of nitro benzene ring substituents is 1. The van der Waals surface area contributed by atoms with Crippen LogP contribution in [0.25, 0.3) is 0 Å². The van der Waals surface area contributed by atoms with E-state index in [9.17, 15) is 19.7 Å². The van der Waals surface area contributed by atoms with E-state index in [1.807, 2.05) is 18.2 Å². The summed E-state index contributed by atoms with van der Waals surface area (Å²) in [7, 11) is 0. The van der Waals surface area contributed by atoms with Crippen molar-refractivity contribution in [3.8, 4) is 0 Å². The Kier molecular flexibility index (Phi) is 7.13. The van der Waals surface area contributed by atoms with E-state index in [0.717, 1.165) is 26.1 Å². The van der Waals surface area contributed by atoms with Gasteiger partial charge in [-0.2, -0.15) is 0 Å². The highest BCUT2D eigenvalue weighted by Gasteiger charge is 2.21. The van der Waals surface area contributed by atoms with Crippen molar-refractivity contribution in [2.75, 3.05) is 39.3 Å². The predicted molar refractivity (Wildman–Crippen MR) is 113 cm³/mol. The average molecular weight is 410 g/mol. The van der Waals surface area contributed by atoms with Gasteiger partial charge in [0.2, 0.25) is 5.91 Å². The third kappa shape index (κ3) is 5.64. The van der Waals surface area contributed by atoms with Crippen LogP contribution >= 0.6 is 0 Å². The zero-order chi connectivity index (χ0) is 21.5. The number of rotatable bonds is 7. The van der Waals surface area contributed by atoms with Gasteiger partial charge in [0.15, 0.2) is 0 Å². The third-order valence-corrected chi connectivity index (χ3v) is 5.34. The van der Waals surface area contributed by atoms with Crippen molar-refractivity contribution in [3.63, 3.8) is 0 Å². The lowest BCUT2D eigenvalue weighted by Gasteiger charge is -2.34. The Morgan fingerprint density at radius 3 is 2.40 bits per heavy atom. The molecule has 8 heteroatoms. The first kappa shape index (κ1) is 21.4. The Hall–Kier alpha value is -3.26. The average Bonchev–Trinajstić information content (AvgIpc) is 2.76. The number of aryl methyl sites for hydroxylation is 1. The SMILES string of the molecule is Cc1cc(C(=O)NCC(=O)N2CCN(CCc3ccccc3)CC2)ccc1[N+](=O)[O-]. The maximum atomic E-state index is 12.4. The maximum Gasteiger partial charge on any atom is 0.272 e. The van der Waals surface area contributed by atoms with E-state index in [4.69, 9.17) is 0 Å². The molecule has 1 aliphatic heterocycles. The highest BCUT2D eigenvalue weighted by molar-refractivity contribution is 5.96. The molecule has 3 rings (SSSR count). The number of carbonyl (C=O) groups excluding carboxylic acids is 2. The van der Waals surface area contributed by atoms with Crippen LogP contribution in [0, 0.1) is 17.0 Å². The molecule has 0 saturated carbocycles. The fourth-order valence-corrected chi connectivity index (χ4v) is 3.52. The summed E-state index contributed by atoms with van der Waals surface area (Å²) in [5.41, 5.74) is 1.98. The van der Waals surface area contributed by atoms with E-state index < -0.39 is 10.8 Å². The molecule has 2 aromatic rings. The second-order valence-corrected chi connectivity index (χ2v) is 7.40. The van der Waals surface area contributed by atoms with Crippen molar-refractivity contribution in [2.24, 2.45) is 0 Å². The number of nitrogens with zero attached hydrogens (tertiary/aromatic N) is 3. The van der Waals surface area contributed by atoms with Gasteiger partial charge in [0.05, 0.1) is 11.5 Å². The predicted octanol–water partition coefficient (Wildman–Crippen LogP) is 2.02. The van der Waals surface area contributed by atoms with Gasteiger partial charge in [-0.05, 0) is 31.0 Å². The van der Waals surface area contributed by atoms with Crippen molar-refractivity contribution in [3.05, 3.63) is 75.3 Å². The first-order valence-electron chi connectivity index (χ1n) is 10.0. The van der Waals surface area contributed by atoms with Crippen LogP contribution in [0.3, 0.4) is 0 Å². The lowest BCUT2D eigenvalue weighted by atomic mass is 10.1. The largest absolute Gasteiger partial charge is 0.343 e. The summed E-state index contributed by atoms with van der Waals surface area (Å²) in [6.45, 7) is 5.36. The first-order chi connectivity index (χ1) is 14.4. The minimum absolute atomic E-state index is 0.0345. The molecule has 1 saturated heterocycles. The van der Waals surface area contributed by atoms with Gasteiger partial charge in [0.25, 0.3) is 11.6 Å². The van der Waals surface area contributed by atoms with E-state index in [0.29, 0.717) is 24.2 Å². The Labute approximate surface area is 175 Å². The van der Waals surface area contributed by atoms with E-state index in [1.165, 1.54) is 23.8 Å². The zero-order valence-corrected chi connectivity index (χ0v) is 17.0. The molecule has 0 atom stereocenters. The van der Waals surface area contributed by atoms with Crippen molar-refractivity contribution in [1.82, 2.24) is 15.1 Å². The highest BCUT2D eigenvalue weighted by Crippen LogP contribution is 2.18. The van der Waals surface area contributed by atoms with Gasteiger partial charge in [-0.15, -0.1) is 0 Å². The topological polar surface area (TPSA) is 95.8 Å². The van der Waals surface area contributed by atoms with Crippen LogP contribution < -0.4 is 5.32 Å². The monoisotopic (exact) mass is 410 g/mol. The Balaban J connectivity index is 1.42. The van der Waals surface area contributed by atoms with Crippen LogP contribution in [-0.4, -0.2) is 65.8 Å².